The van der Waals surface area contributed by atoms with E-state index in [4.69, 9.17) is 4.74 Å². The highest BCUT2D eigenvalue weighted by atomic mass is 19.4. The maximum atomic E-state index is 12.7. The molecule has 168 valence electrons. The van der Waals surface area contributed by atoms with Crippen molar-refractivity contribution in [2.45, 2.75) is 19.0 Å². The standard InChI is InChI=1S/C24H23F3N2O3/c1-32-21-9-7-18(8-10-21)22(30)19-11-14-29(15-12-19)23(31)28-13-3-5-17-4-2-6-20(16-17)24(25,26)27/h2,4,6-10,16,19H,11-15H2,1H3,(H,28,31). The molecule has 0 spiro atoms. The number of ketones is 1. The molecule has 1 aliphatic heterocycles. The topological polar surface area (TPSA) is 58.6 Å². The molecule has 0 aromatic heterocycles. The van der Waals surface area contributed by atoms with Gasteiger partial charge in [-0.3, -0.25) is 4.79 Å². The highest BCUT2D eigenvalue weighted by Crippen LogP contribution is 2.29. The number of carbonyl (C=O) groups excluding carboxylic acids is 2. The van der Waals surface area contributed by atoms with Crippen LogP contribution in [0.3, 0.4) is 0 Å². The third kappa shape index (κ3) is 6.03. The van der Waals surface area contributed by atoms with Gasteiger partial charge in [0.25, 0.3) is 0 Å². The minimum absolute atomic E-state index is 0.0137. The molecule has 1 heterocycles. The molecule has 1 N–H and O–H groups in total. The predicted octanol–water partition coefficient (Wildman–Crippen LogP) is 4.37. The van der Waals surface area contributed by atoms with E-state index < -0.39 is 11.7 Å². The molecule has 1 saturated heterocycles. The summed E-state index contributed by atoms with van der Waals surface area (Å²) in [6.45, 7) is 0.901. The summed E-state index contributed by atoms with van der Waals surface area (Å²) in [5.74, 6) is 5.89. The van der Waals surface area contributed by atoms with Crippen LogP contribution < -0.4 is 10.1 Å². The Labute approximate surface area is 184 Å². The highest BCUT2D eigenvalue weighted by Gasteiger charge is 2.30. The zero-order valence-corrected chi connectivity index (χ0v) is 17.5. The van der Waals surface area contributed by atoms with Crippen LogP contribution in [0.25, 0.3) is 0 Å². The summed E-state index contributed by atoms with van der Waals surface area (Å²) in [5.41, 5.74) is 0.0888. The summed E-state index contributed by atoms with van der Waals surface area (Å²) in [6.07, 6.45) is -3.30. The normalized spacial score (nSPS) is 14.3. The first-order chi connectivity index (χ1) is 15.3. The Hall–Kier alpha value is -3.47. The van der Waals surface area contributed by atoms with Crippen LogP contribution in [0.15, 0.2) is 48.5 Å². The molecular weight excluding hydrogens is 421 g/mol. The number of hydrogen-bond donors (Lipinski definition) is 1. The number of hydrogen-bond acceptors (Lipinski definition) is 3. The number of nitrogens with one attached hydrogen (secondary N) is 1. The summed E-state index contributed by atoms with van der Waals surface area (Å²) in [7, 11) is 1.56. The van der Waals surface area contributed by atoms with Gasteiger partial charge in [0.05, 0.1) is 19.2 Å². The average Bonchev–Trinajstić information content (AvgIpc) is 2.81. The number of carbonyl (C=O) groups is 2. The molecule has 5 nitrogen and oxygen atoms in total. The van der Waals surface area contributed by atoms with Crippen molar-refractivity contribution < 1.29 is 27.5 Å². The van der Waals surface area contributed by atoms with Crippen molar-refractivity contribution in [3.05, 3.63) is 65.2 Å². The molecule has 0 aliphatic carbocycles. The second-order valence-corrected chi connectivity index (χ2v) is 7.39. The minimum atomic E-state index is -4.42. The van der Waals surface area contributed by atoms with E-state index in [1.807, 2.05) is 0 Å². The summed E-state index contributed by atoms with van der Waals surface area (Å²) >= 11 is 0. The highest BCUT2D eigenvalue weighted by molar-refractivity contribution is 5.98. The molecule has 0 bridgehead atoms. The number of halogens is 3. The molecule has 3 rings (SSSR count). The summed E-state index contributed by atoms with van der Waals surface area (Å²) in [6, 6.07) is 11.4. The van der Waals surface area contributed by atoms with Gasteiger partial charge in [0, 0.05) is 30.1 Å². The van der Waals surface area contributed by atoms with Gasteiger partial charge in [-0.05, 0) is 55.3 Å². The fourth-order valence-electron chi connectivity index (χ4n) is 3.49. The fourth-order valence-corrected chi connectivity index (χ4v) is 3.49. The summed E-state index contributed by atoms with van der Waals surface area (Å²) < 4.78 is 43.3. The van der Waals surface area contributed by atoms with E-state index in [0.29, 0.717) is 37.2 Å². The monoisotopic (exact) mass is 444 g/mol. The van der Waals surface area contributed by atoms with Gasteiger partial charge >= 0.3 is 12.2 Å². The van der Waals surface area contributed by atoms with Crippen LogP contribution in [0.1, 0.15) is 34.3 Å². The molecule has 2 amide bonds. The van der Waals surface area contributed by atoms with Crippen molar-refractivity contribution >= 4 is 11.8 Å². The second kappa shape index (κ2) is 10.2. The number of ether oxygens (including phenoxy) is 1. The van der Waals surface area contributed by atoms with Crippen molar-refractivity contribution in [1.29, 1.82) is 0 Å². The summed E-state index contributed by atoms with van der Waals surface area (Å²) in [5, 5.41) is 2.65. The van der Waals surface area contributed by atoms with Gasteiger partial charge in [-0.15, -0.1) is 0 Å². The van der Waals surface area contributed by atoms with E-state index >= 15 is 0 Å². The van der Waals surface area contributed by atoms with Crippen LogP contribution in [0.4, 0.5) is 18.0 Å². The molecule has 0 radical (unpaired) electrons. The lowest BCUT2D eigenvalue weighted by Gasteiger charge is -2.31. The Balaban J connectivity index is 1.46. The van der Waals surface area contributed by atoms with E-state index in [1.165, 1.54) is 12.1 Å². The Bertz CT molecular complexity index is 1020. The predicted molar refractivity (Wildman–Crippen MR) is 113 cm³/mol. The van der Waals surface area contributed by atoms with Gasteiger partial charge in [0.1, 0.15) is 5.75 Å². The third-order valence-corrected chi connectivity index (χ3v) is 5.28. The number of likely N-dealkylation sites (tertiary alicyclic amines) is 1. The lowest BCUT2D eigenvalue weighted by Crippen LogP contribution is -2.45. The Morgan fingerprint density at radius 2 is 1.81 bits per heavy atom. The maximum absolute atomic E-state index is 12.7. The first kappa shape index (κ1) is 23.2. The van der Waals surface area contributed by atoms with Crippen molar-refractivity contribution in [2.24, 2.45) is 5.92 Å². The lowest BCUT2D eigenvalue weighted by atomic mass is 9.89. The summed E-state index contributed by atoms with van der Waals surface area (Å²) in [4.78, 5) is 26.6. The molecule has 2 aromatic carbocycles. The zero-order chi connectivity index (χ0) is 23.1. The van der Waals surface area contributed by atoms with Crippen LogP contribution in [-0.2, 0) is 6.18 Å². The Morgan fingerprint density at radius 3 is 2.44 bits per heavy atom. The van der Waals surface area contributed by atoms with Gasteiger partial charge < -0.3 is 15.0 Å². The largest absolute Gasteiger partial charge is 0.497 e. The van der Waals surface area contributed by atoms with Crippen molar-refractivity contribution in [2.75, 3.05) is 26.7 Å². The van der Waals surface area contributed by atoms with E-state index in [1.54, 1.807) is 36.3 Å². The molecule has 8 heteroatoms. The smallest absolute Gasteiger partial charge is 0.416 e. The third-order valence-electron chi connectivity index (χ3n) is 5.28. The number of amides is 2. The minimum Gasteiger partial charge on any atom is -0.497 e. The number of nitrogens with zero attached hydrogens (tertiary/aromatic N) is 1. The molecule has 0 saturated carbocycles. The molecule has 1 fully saturated rings. The molecule has 32 heavy (non-hydrogen) atoms. The van der Waals surface area contributed by atoms with Crippen molar-refractivity contribution in [3.63, 3.8) is 0 Å². The number of rotatable bonds is 4. The first-order valence-corrected chi connectivity index (χ1v) is 10.1. The van der Waals surface area contributed by atoms with Gasteiger partial charge in [-0.2, -0.15) is 13.2 Å². The number of methoxy groups -OCH3 is 1. The average molecular weight is 444 g/mol. The first-order valence-electron chi connectivity index (χ1n) is 10.1. The van der Waals surface area contributed by atoms with Gasteiger partial charge in [0.15, 0.2) is 5.78 Å². The maximum Gasteiger partial charge on any atom is 0.416 e. The van der Waals surface area contributed by atoms with Crippen LogP contribution >= 0.6 is 0 Å². The number of Topliss-reactive ketones (excluding diaryl/α,β-unsaturated/α-hetero) is 1. The molecular formula is C24H23F3N2O3. The number of piperidine rings is 1. The van der Waals surface area contributed by atoms with Crippen LogP contribution in [-0.4, -0.2) is 43.5 Å². The molecule has 0 atom stereocenters. The fraction of sp³-hybridized carbons (Fsp3) is 0.333. The molecule has 2 aromatic rings. The molecule has 1 aliphatic rings. The van der Waals surface area contributed by atoms with Crippen molar-refractivity contribution in [3.8, 4) is 17.6 Å². The van der Waals surface area contributed by atoms with E-state index in [0.717, 1.165) is 12.1 Å². The Kier molecular flexibility index (Phi) is 7.41. The van der Waals surface area contributed by atoms with Crippen LogP contribution in [0, 0.1) is 17.8 Å². The number of alkyl halides is 3. The Morgan fingerprint density at radius 1 is 1.12 bits per heavy atom. The SMILES string of the molecule is COc1ccc(C(=O)C2CCN(C(=O)NCC#Cc3cccc(C(F)(F)F)c3)CC2)cc1. The quantitative estimate of drug-likeness (QED) is 0.563. The molecule has 0 unspecified atom stereocenters. The van der Waals surface area contributed by atoms with Crippen LogP contribution in [0.5, 0.6) is 5.75 Å². The van der Waals surface area contributed by atoms with E-state index in [9.17, 15) is 22.8 Å². The number of benzene rings is 2. The number of urea groups is 1. The van der Waals surface area contributed by atoms with Gasteiger partial charge in [0.2, 0.25) is 0 Å². The second-order valence-electron chi connectivity index (χ2n) is 7.39. The lowest BCUT2D eigenvalue weighted by molar-refractivity contribution is -0.137. The van der Waals surface area contributed by atoms with E-state index in [2.05, 4.69) is 17.2 Å². The van der Waals surface area contributed by atoms with Crippen LogP contribution in [0.2, 0.25) is 0 Å². The van der Waals surface area contributed by atoms with Gasteiger partial charge in [-0.25, -0.2) is 4.79 Å². The van der Waals surface area contributed by atoms with Crippen molar-refractivity contribution in [1.82, 2.24) is 10.2 Å². The zero-order valence-electron chi connectivity index (χ0n) is 17.5. The van der Waals surface area contributed by atoms with E-state index in [-0.39, 0.29) is 29.8 Å². The van der Waals surface area contributed by atoms with Gasteiger partial charge in [-0.1, -0.05) is 17.9 Å².